The summed E-state index contributed by atoms with van der Waals surface area (Å²) >= 11 is 6.08. The molecule has 3 aliphatic heterocycles. The Kier molecular flexibility index (Phi) is 24.1. The molecule has 0 bridgehead atoms. The Morgan fingerprint density at radius 2 is 0.777 bits per heavy atom. The second-order valence-electron chi connectivity index (χ2n) is 21.9. The molecular formula is C68H62Br2F3N7O14. The number of nitriles is 1. The van der Waals surface area contributed by atoms with Crippen molar-refractivity contribution in [3.05, 3.63) is 234 Å². The number of fused-ring (bicyclic) bond motifs is 3. The van der Waals surface area contributed by atoms with Crippen LogP contribution in [0, 0.1) is 28.8 Å². The smallest absolute Gasteiger partial charge is 0.303 e. The van der Waals surface area contributed by atoms with Crippen LogP contribution in [0.1, 0.15) is 69.5 Å². The van der Waals surface area contributed by atoms with Gasteiger partial charge in [0.15, 0.2) is 24.4 Å². The molecule has 0 unspecified atom stereocenters. The van der Waals surface area contributed by atoms with Crippen molar-refractivity contribution in [2.45, 2.75) is 109 Å². The molecule has 0 fully saturated rings. The molecule has 94 heavy (non-hydrogen) atoms. The number of benzene rings is 7. The number of rotatable bonds is 18. The number of amides is 6. The van der Waals surface area contributed by atoms with E-state index in [2.05, 4.69) is 47.8 Å². The highest BCUT2D eigenvalue weighted by atomic mass is 79.9. The first-order valence-corrected chi connectivity index (χ1v) is 30.6. The van der Waals surface area contributed by atoms with Gasteiger partial charge in [-0.2, -0.15) is 5.26 Å². The zero-order valence-electron chi connectivity index (χ0n) is 50.3. The summed E-state index contributed by atoms with van der Waals surface area (Å²) in [4.78, 5) is 103. The fourth-order valence-corrected chi connectivity index (χ4v) is 10.8. The first kappa shape index (κ1) is 70.3. The van der Waals surface area contributed by atoms with Crippen LogP contribution in [0.25, 0.3) is 11.1 Å². The van der Waals surface area contributed by atoms with E-state index in [1.807, 2.05) is 78.9 Å². The summed E-state index contributed by atoms with van der Waals surface area (Å²) < 4.78 is 52.8. The highest BCUT2D eigenvalue weighted by molar-refractivity contribution is 9.10. The number of nitrogens with one attached hydrogen (secondary N) is 3. The van der Waals surface area contributed by atoms with Crippen molar-refractivity contribution in [1.82, 2.24) is 30.7 Å². The molecule has 7 N–H and O–H groups in total. The van der Waals surface area contributed by atoms with Gasteiger partial charge in [0.25, 0.3) is 35.4 Å². The first-order valence-electron chi connectivity index (χ1n) is 29.0. The van der Waals surface area contributed by atoms with Crippen LogP contribution >= 0.6 is 31.9 Å². The monoisotopic (exact) mass is 1420 g/mol. The maximum absolute atomic E-state index is 14.7. The van der Waals surface area contributed by atoms with E-state index in [4.69, 9.17) is 9.47 Å². The minimum absolute atomic E-state index is 0.0455. The number of hydrogen-bond donors (Lipinski definition) is 7. The van der Waals surface area contributed by atoms with Gasteiger partial charge in [0.1, 0.15) is 17.5 Å². The number of ether oxygens (including phenoxy) is 2. The standard InChI is InChI=1S/C26H22FN3O4.C23H22BrFN2O6.C19H18BrFN2O4/c27-22-11-16(9-10-21(22)20-8-4-3-5-17(20)12-28)13-29-25(33)23(31)24(32)26(34)30-14-18-6-1-2-7-19(18)15-30;1-13(28)32-20(22(30)26-10-15-7-8-18(24)19(25)9-15)21(33-14(2)29)23(31)27-11-16-5-3-4-6-17(16)12-27;20-14-6-5-11(7-15(14)21)8-22-18(26)16(24)17(25)19(27)23-9-12-3-1-2-4-13(12)10-23/h1-11,23-24,31-32H,13-15H2,(H,29,33);3-9,20-21H,10-12H2,1-2H3,(H,26,30);1-7,16-17,24-25H,8-10H2,(H,22,26)/t23-,24-;20-,21-;16-,17-/m111/s1. The van der Waals surface area contributed by atoms with Gasteiger partial charge in [0, 0.05) is 83.9 Å². The van der Waals surface area contributed by atoms with Gasteiger partial charge in [-0.15, -0.1) is 0 Å². The number of halogens is 5. The van der Waals surface area contributed by atoms with E-state index < -0.39 is 101 Å². The zero-order valence-corrected chi connectivity index (χ0v) is 53.5. The minimum Gasteiger partial charge on any atom is -0.448 e. The summed E-state index contributed by atoms with van der Waals surface area (Å²) in [5, 5.41) is 57.1. The van der Waals surface area contributed by atoms with Crippen molar-refractivity contribution >= 4 is 79.2 Å². The number of carbonyl (C=O) groups is 8. The Morgan fingerprint density at radius 3 is 1.14 bits per heavy atom. The third kappa shape index (κ3) is 17.9. The second kappa shape index (κ2) is 32.3. The largest absolute Gasteiger partial charge is 0.448 e. The summed E-state index contributed by atoms with van der Waals surface area (Å²) in [5.41, 5.74) is 8.06. The molecular weight excluding hydrogens is 1360 g/mol. The predicted octanol–water partition coefficient (Wildman–Crippen LogP) is 6.32. The van der Waals surface area contributed by atoms with Crippen molar-refractivity contribution in [3.8, 4) is 17.2 Å². The van der Waals surface area contributed by atoms with Gasteiger partial charge in [0.05, 0.1) is 20.6 Å². The number of nitrogens with zero attached hydrogens (tertiary/aromatic N) is 4. The van der Waals surface area contributed by atoms with Crippen LogP contribution in [-0.4, -0.2) is 119 Å². The van der Waals surface area contributed by atoms with E-state index in [0.29, 0.717) is 58.5 Å². The molecule has 6 amide bonds. The molecule has 21 nitrogen and oxygen atoms in total. The first-order chi connectivity index (χ1) is 44.9. The summed E-state index contributed by atoms with van der Waals surface area (Å²) in [6.45, 7) is 3.64. The van der Waals surface area contributed by atoms with E-state index in [1.54, 1.807) is 42.5 Å². The normalized spacial score (nSPS) is 14.4. The summed E-state index contributed by atoms with van der Waals surface area (Å²) in [6.07, 6.45) is -11.1. The van der Waals surface area contributed by atoms with E-state index in [0.717, 1.165) is 47.2 Å². The Bertz CT molecular complexity index is 3990. The van der Waals surface area contributed by atoms with E-state index in [1.165, 1.54) is 51.1 Å². The van der Waals surface area contributed by atoms with Gasteiger partial charge in [-0.25, -0.2) is 13.2 Å². The van der Waals surface area contributed by atoms with Crippen molar-refractivity contribution in [3.63, 3.8) is 0 Å². The van der Waals surface area contributed by atoms with Crippen LogP contribution in [-0.2, 0) is 107 Å². The number of aliphatic hydroxyl groups is 4. The summed E-state index contributed by atoms with van der Waals surface area (Å²) in [6, 6.07) is 44.0. The van der Waals surface area contributed by atoms with Crippen LogP contribution in [0.4, 0.5) is 13.2 Å². The van der Waals surface area contributed by atoms with Crippen molar-refractivity contribution in [2.24, 2.45) is 0 Å². The molecule has 0 radical (unpaired) electrons. The van der Waals surface area contributed by atoms with Crippen molar-refractivity contribution in [1.29, 1.82) is 5.26 Å². The fourth-order valence-electron chi connectivity index (χ4n) is 10.3. The molecule has 3 heterocycles. The fraction of sp³-hybridized carbons (Fsp3) is 0.250. The third-order valence-electron chi connectivity index (χ3n) is 15.2. The Hall–Kier alpha value is -9.62. The molecule has 7 aromatic rings. The average Bonchev–Trinajstić information content (AvgIpc) is 1.58. The summed E-state index contributed by atoms with van der Waals surface area (Å²) in [5.74, 6) is -8.06. The quantitative estimate of drug-likeness (QED) is 0.0462. The molecule has 6 atom stereocenters. The molecule has 0 saturated carbocycles. The average molecular weight is 1420 g/mol. The van der Waals surface area contributed by atoms with Gasteiger partial charge in [0.2, 0.25) is 12.2 Å². The number of esters is 2. The predicted molar refractivity (Wildman–Crippen MR) is 338 cm³/mol. The second-order valence-corrected chi connectivity index (χ2v) is 23.6. The Labute approximate surface area is 554 Å². The van der Waals surface area contributed by atoms with Gasteiger partial charge in [-0.05, 0) is 118 Å². The molecule has 0 saturated heterocycles. The van der Waals surface area contributed by atoms with Gasteiger partial charge in [-0.3, -0.25) is 38.4 Å². The van der Waals surface area contributed by atoms with Crippen LogP contribution in [0.3, 0.4) is 0 Å². The molecule has 488 valence electrons. The molecule has 7 aromatic carbocycles. The Morgan fingerprint density at radius 1 is 0.447 bits per heavy atom. The highest BCUT2D eigenvalue weighted by Gasteiger charge is 2.43. The lowest BCUT2D eigenvalue weighted by molar-refractivity contribution is -0.178. The summed E-state index contributed by atoms with van der Waals surface area (Å²) in [7, 11) is 0. The third-order valence-corrected chi connectivity index (χ3v) is 16.5. The van der Waals surface area contributed by atoms with E-state index >= 15 is 0 Å². The number of hydrogen-bond acceptors (Lipinski definition) is 15. The van der Waals surface area contributed by atoms with Crippen LogP contribution in [0.15, 0.2) is 161 Å². The highest BCUT2D eigenvalue weighted by Crippen LogP contribution is 2.29. The van der Waals surface area contributed by atoms with Crippen LogP contribution in [0.2, 0.25) is 0 Å². The number of aliphatic hydroxyl groups excluding tert-OH is 4. The maximum Gasteiger partial charge on any atom is 0.303 e. The lowest BCUT2D eigenvalue weighted by atomic mass is 9.98. The number of carbonyl (C=O) groups excluding carboxylic acids is 8. The topological polar surface area (TPSA) is 306 Å². The van der Waals surface area contributed by atoms with E-state index in [-0.39, 0.29) is 42.8 Å². The minimum atomic E-state index is -1.97. The molecule has 0 aliphatic carbocycles. The lowest BCUT2D eigenvalue weighted by Crippen LogP contribution is -2.53. The van der Waals surface area contributed by atoms with Gasteiger partial charge >= 0.3 is 11.9 Å². The van der Waals surface area contributed by atoms with Gasteiger partial charge in [-0.1, -0.05) is 115 Å². The Balaban J connectivity index is 0.000000182. The van der Waals surface area contributed by atoms with Crippen LogP contribution in [0.5, 0.6) is 0 Å². The zero-order chi connectivity index (χ0) is 67.9. The van der Waals surface area contributed by atoms with E-state index in [9.17, 15) is 77.2 Å². The molecule has 10 rings (SSSR count). The van der Waals surface area contributed by atoms with Gasteiger partial charge < -0.3 is 60.5 Å². The van der Waals surface area contributed by atoms with Crippen molar-refractivity contribution in [2.75, 3.05) is 0 Å². The molecule has 3 aliphatic rings. The van der Waals surface area contributed by atoms with Crippen LogP contribution < -0.4 is 16.0 Å². The molecule has 0 spiro atoms. The SMILES string of the molecule is CC(=O)O[C@@H](C(=O)NCc1ccc(Br)c(F)c1)[C@@H](OC(C)=O)C(=O)N1Cc2ccccc2C1.N#Cc1ccccc1-c1ccc(CNC(=O)[C@H](O)[C@@H](O)C(=O)N2Cc3ccccc3C2)cc1F.O=C(NCc1ccc(Br)c(F)c1)[C@H](O)[C@@H](O)C(=O)N1Cc2ccccc2C1. The molecule has 0 aromatic heterocycles. The molecule has 26 heteroatoms. The van der Waals surface area contributed by atoms with Crippen molar-refractivity contribution < 1.29 is 81.4 Å². The lowest BCUT2D eigenvalue weighted by Gasteiger charge is -2.28. The maximum atomic E-state index is 14.7.